The molecule has 0 heterocycles. The van der Waals surface area contributed by atoms with Crippen molar-refractivity contribution in [3.8, 4) is 0 Å². The molecular weight excluding hydrogens is 278 g/mol. The molecule has 17 heavy (non-hydrogen) atoms. The molecule has 0 radical (unpaired) electrons. The summed E-state index contributed by atoms with van der Waals surface area (Å²) in [5.41, 5.74) is -0.629. The number of hydrogen-bond donors (Lipinski definition) is 0. The topological polar surface area (TPSA) is 92.7 Å². The molecular formula is C8H18NaO6PS. The molecule has 2 atom stereocenters. The first-order valence-electron chi connectivity index (χ1n) is 4.87. The molecule has 0 N–H and O–H groups in total. The van der Waals surface area contributed by atoms with Gasteiger partial charge in [0.25, 0.3) is 0 Å². The predicted octanol–water partition coefficient (Wildman–Crippen LogP) is -1.42. The van der Waals surface area contributed by atoms with Crippen LogP contribution in [0.2, 0.25) is 0 Å². The van der Waals surface area contributed by atoms with E-state index in [1.807, 2.05) is 0 Å². The van der Waals surface area contributed by atoms with Gasteiger partial charge < -0.3 is 13.6 Å². The Bertz CT molecular complexity index is 349. The summed E-state index contributed by atoms with van der Waals surface area (Å²) in [5.74, 6) is 0. The van der Waals surface area contributed by atoms with Crippen LogP contribution in [-0.4, -0.2) is 38.1 Å². The van der Waals surface area contributed by atoms with Gasteiger partial charge in [-0.3, -0.25) is 4.57 Å². The van der Waals surface area contributed by atoms with E-state index < -0.39 is 28.6 Å². The van der Waals surface area contributed by atoms with Crippen LogP contribution in [0, 0.1) is 0 Å². The van der Waals surface area contributed by atoms with Crippen molar-refractivity contribution in [1.82, 2.24) is 0 Å². The summed E-state index contributed by atoms with van der Waals surface area (Å²) in [4.78, 5) is 0. The molecule has 0 aliphatic heterocycles. The van der Waals surface area contributed by atoms with E-state index in [1.165, 1.54) is 14.2 Å². The van der Waals surface area contributed by atoms with Crippen LogP contribution in [0.4, 0.5) is 0 Å². The fourth-order valence-corrected chi connectivity index (χ4v) is 3.89. The van der Waals surface area contributed by atoms with Crippen molar-refractivity contribution in [2.75, 3.05) is 14.2 Å². The van der Waals surface area contributed by atoms with Crippen molar-refractivity contribution in [2.24, 2.45) is 0 Å². The van der Waals surface area contributed by atoms with Gasteiger partial charge in [0.05, 0.1) is 21.0 Å². The Labute approximate surface area is 125 Å². The molecule has 0 saturated heterocycles. The van der Waals surface area contributed by atoms with Gasteiger partial charge in [-0.2, -0.15) is 0 Å². The molecule has 0 aromatic carbocycles. The van der Waals surface area contributed by atoms with Gasteiger partial charge >= 0.3 is 37.2 Å². The summed E-state index contributed by atoms with van der Waals surface area (Å²) >= 11 is 0. The van der Waals surface area contributed by atoms with Crippen LogP contribution in [0.15, 0.2) is 0 Å². The van der Waals surface area contributed by atoms with Crippen LogP contribution >= 0.6 is 7.60 Å². The molecule has 6 nitrogen and oxygen atoms in total. The maximum Gasteiger partial charge on any atom is 1.00 e. The number of hydrogen-bond acceptors (Lipinski definition) is 6. The first-order chi connectivity index (χ1) is 7.21. The van der Waals surface area contributed by atoms with Gasteiger partial charge in [0.15, 0.2) is 0 Å². The minimum Gasteiger partial charge on any atom is -0.748 e. The van der Waals surface area contributed by atoms with E-state index in [0.29, 0.717) is 0 Å². The average molecular weight is 296 g/mol. The monoisotopic (exact) mass is 296 g/mol. The van der Waals surface area contributed by atoms with E-state index in [1.54, 1.807) is 13.8 Å². The van der Waals surface area contributed by atoms with Crippen LogP contribution in [-0.2, 0) is 23.7 Å². The normalized spacial score (nSPS) is 16.1. The standard InChI is InChI=1S/C8H19O6PS.Na/c1-5-8(16(10,11)12)6-7(2)15(9,13-3)14-4;/h7-8H,5-6H2,1-4H3,(H,10,11,12);/q;+1/p-1. The molecule has 0 fully saturated rings. The van der Waals surface area contributed by atoms with E-state index in [4.69, 9.17) is 9.05 Å². The largest absolute Gasteiger partial charge is 1.00 e. The molecule has 2 unspecified atom stereocenters. The van der Waals surface area contributed by atoms with Crippen LogP contribution < -0.4 is 29.6 Å². The zero-order valence-corrected chi connectivity index (χ0v) is 14.6. The molecule has 98 valence electrons. The minimum atomic E-state index is -4.37. The molecule has 0 rings (SSSR count). The third kappa shape index (κ3) is 6.16. The van der Waals surface area contributed by atoms with E-state index >= 15 is 0 Å². The van der Waals surface area contributed by atoms with Crippen molar-refractivity contribution in [3.63, 3.8) is 0 Å². The second kappa shape index (κ2) is 8.27. The summed E-state index contributed by atoms with van der Waals surface area (Å²) in [5, 5.41) is -1.05. The molecule has 0 spiro atoms. The Hall–Kier alpha value is 1.06. The Morgan fingerprint density at radius 3 is 1.94 bits per heavy atom. The van der Waals surface area contributed by atoms with E-state index in [-0.39, 0.29) is 42.4 Å². The number of rotatable bonds is 7. The zero-order chi connectivity index (χ0) is 13.0. The first kappa shape index (κ1) is 20.4. The van der Waals surface area contributed by atoms with Gasteiger partial charge in [0, 0.05) is 14.2 Å². The summed E-state index contributed by atoms with van der Waals surface area (Å²) in [6, 6.07) is 0. The van der Waals surface area contributed by atoms with Gasteiger partial charge in [-0.15, -0.1) is 0 Å². The second-order valence-corrected chi connectivity index (χ2v) is 7.86. The molecule has 0 aliphatic rings. The van der Waals surface area contributed by atoms with E-state index in [0.717, 1.165) is 0 Å². The third-order valence-electron chi connectivity index (χ3n) is 2.52. The Kier molecular flexibility index (Phi) is 9.92. The van der Waals surface area contributed by atoms with Crippen molar-refractivity contribution in [2.45, 2.75) is 37.6 Å². The van der Waals surface area contributed by atoms with Crippen LogP contribution in [0.25, 0.3) is 0 Å². The predicted molar refractivity (Wildman–Crippen MR) is 59.5 cm³/mol. The summed E-state index contributed by atoms with van der Waals surface area (Å²) < 4.78 is 54.0. The second-order valence-electron chi connectivity index (χ2n) is 3.51. The van der Waals surface area contributed by atoms with Gasteiger partial charge in [-0.1, -0.05) is 13.8 Å². The van der Waals surface area contributed by atoms with Gasteiger partial charge in [0.1, 0.15) is 0 Å². The molecule has 0 aliphatic carbocycles. The van der Waals surface area contributed by atoms with Crippen LogP contribution in [0.1, 0.15) is 26.7 Å². The SMILES string of the molecule is CCC(CC(C)P(=O)(OC)OC)S(=O)(=O)[O-].[Na+]. The maximum atomic E-state index is 11.9. The average Bonchev–Trinajstić information content (AvgIpc) is 2.22. The van der Waals surface area contributed by atoms with Crippen LogP contribution in [0.3, 0.4) is 0 Å². The molecule has 0 amide bonds. The van der Waals surface area contributed by atoms with E-state index in [2.05, 4.69) is 0 Å². The summed E-state index contributed by atoms with van der Waals surface area (Å²) in [6.45, 7) is 3.14. The quantitative estimate of drug-likeness (QED) is 0.325. The van der Waals surface area contributed by atoms with Crippen molar-refractivity contribution < 1.29 is 56.1 Å². The van der Waals surface area contributed by atoms with Crippen molar-refractivity contribution in [1.29, 1.82) is 0 Å². The Morgan fingerprint density at radius 1 is 1.29 bits per heavy atom. The molecule has 0 bridgehead atoms. The third-order valence-corrected chi connectivity index (χ3v) is 6.17. The Morgan fingerprint density at radius 2 is 1.71 bits per heavy atom. The fraction of sp³-hybridized carbons (Fsp3) is 1.00. The van der Waals surface area contributed by atoms with Gasteiger partial charge in [-0.25, -0.2) is 8.42 Å². The summed E-state index contributed by atoms with van der Waals surface area (Å²) in [7, 11) is -5.22. The zero-order valence-electron chi connectivity index (χ0n) is 10.9. The maximum absolute atomic E-state index is 11.9. The minimum absolute atomic E-state index is 0. The molecule has 0 aromatic heterocycles. The van der Waals surface area contributed by atoms with Crippen LogP contribution in [0.5, 0.6) is 0 Å². The Balaban J connectivity index is 0. The first-order valence-corrected chi connectivity index (χ1v) is 7.95. The van der Waals surface area contributed by atoms with Gasteiger partial charge in [-0.05, 0) is 12.8 Å². The van der Waals surface area contributed by atoms with Gasteiger partial charge in [0.2, 0.25) is 0 Å². The van der Waals surface area contributed by atoms with Crippen molar-refractivity contribution >= 4 is 17.7 Å². The molecule has 9 heteroatoms. The van der Waals surface area contributed by atoms with E-state index in [9.17, 15) is 17.5 Å². The van der Waals surface area contributed by atoms with Crippen molar-refractivity contribution in [3.05, 3.63) is 0 Å². The molecule has 0 aromatic rings. The fourth-order valence-electron chi connectivity index (χ4n) is 1.43. The molecule has 0 saturated carbocycles. The summed E-state index contributed by atoms with van der Waals surface area (Å²) in [6.07, 6.45) is 0.158. The smallest absolute Gasteiger partial charge is 0.748 e.